The van der Waals surface area contributed by atoms with Crippen LogP contribution in [0.3, 0.4) is 0 Å². The molecule has 0 bridgehead atoms. The van der Waals surface area contributed by atoms with Crippen LogP contribution in [-0.4, -0.2) is 82.7 Å². The molecule has 3 rings (SSSR count). The normalized spacial score (nSPS) is 24.9. The Morgan fingerprint density at radius 3 is 2.54 bits per heavy atom. The Kier molecular flexibility index (Phi) is 7.77. The van der Waals surface area contributed by atoms with Gasteiger partial charge in [-0.2, -0.15) is 0 Å². The highest BCUT2D eigenvalue weighted by Crippen LogP contribution is 2.38. The van der Waals surface area contributed by atoms with Gasteiger partial charge in [0, 0.05) is 6.61 Å². The minimum Gasteiger partial charge on any atom is -0.396 e. The summed E-state index contributed by atoms with van der Waals surface area (Å²) in [6.07, 6.45) is -1.77. The fourth-order valence-electron chi connectivity index (χ4n) is 2.41. The van der Waals surface area contributed by atoms with Crippen LogP contribution in [0.25, 0.3) is 11.2 Å². The Hall–Kier alpha value is -1.74. The standard InChI is InChI=1S/C10H14N5O7P.C3H9NO/c11-8-5-9(13-2-12-8)15(3-14-5)10-7(17)6(16)4(22-10)1-21-23(18,19)20;4-2-1-3-5/h2-4,6-7,10,16-17H,1H2,(H2,11,12,13)(H2,18,19,20);5H,1-4H2/t4-,6-,7-,10-;/m1./s1. The molecule has 1 fully saturated rings. The van der Waals surface area contributed by atoms with Crippen molar-refractivity contribution in [1.29, 1.82) is 0 Å². The van der Waals surface area contributed by atoms with Crippen molar-refractivity contribution in [2.75, 3.05) is 25.5 Å². The SMILES string of the molecule is NCCCO.Nc1ncnc2c1ncn2[C@@H]1O[C@H](COP(=O)(O)O)[C@@H](O)[C@H]1O. The minimum atomic E-state index is -4.72. The number of aliphatic hydroxyl groups is 3. The summed E-state index contributed by atoms with van der Waals surface area (Å²) in [6, 6.07) is 0. The maximum atomic E-state index is 10.7. The van der Waals surface area contributed by atoms with Crippen LogP contribution in [0.5, 0.6) is 0 Å². The van der Waals surface area contributed by atoms with Crippen LogP contribution in [0.15, 0.2) is 12.7 Å². The first-order valence-corrected chi connectivity index (χ1v) is 9.68. The summed E-state index contributed by atoms with van der Waals surface area (Å²) < 4.78 is 21.8. The van der Waals surface area contributed by atoms with E-state index in [0.29, 0.717) is 12.1 Å². The topological polar surface area (TPSA) is 232 Å². The zero-order valence-corrected chi connectivity index (χ0v) is 15.5. The molecule has 0 aliphatic carbocycles. The summed E-state index contributed by atoms with van der Waals surface area (Å²) in [5, 5.41) is 28.0. The van der Waals surface area contributed by atoms with Crippen LogP contribution in [0.2, 0.25) is 0 Å². The lowest BCUT2D eigenvalue weighted by Gasteiger charge is -2.16. The summed E-state index contributed by atoms with van der Waals surface area (Å²) in [5.74, 6) is 0.142. The van der Waals surface area contributed by atoms with Gasteiger partial charge in [0.15, 0.2) is 17.7 Å². The molecule has 15 heteroatoms. The van der Waals surface area contributed by atoms with Crippen molar-refractivity contribution in [3.8, 4) is 0 Å². The number of ether oxygens (including phenoxy) is 1. The van der Waals surface area contributed by atoms with Crippen LogP contribution in [0, 0.1) is 0 Å². The van der Waals surface area contributed by atoms with Crippen LogP contribution in [-0.2, 0) is 13.8 Å². The first-order chi connectivity index (χ1) is 13.2. The van der Waals surface area contributed by atoms with E-state index in [0.717, 1.165) is 6.42 Å². The van der Waals surface area contributed by atoms with Gasteiger partial charge in [-0.05, 0) is 13.0 Å². The number of nitrogens with zero attached hydrogens (tertiary/aromatic N) is 4. The highest BCUT2D eigenvalue weighted by molar-refractivity contribution is 7.46. The molecule has 2 aromatic rings. The second-order valence-electron chi connectivity index (χ2n) is 5.78. The molecule has 0 radical (unpaired) electrons. The molecular formula is C13H23N6O8P. The average Bonchev–Trinajstić information content (AvgIpc) is 3.17. The number of imidazole rings is 1. The molecule has 158 valence electrons. The predicted octanol–water partition coefficient (Wildman–Crippen LogP) is -2.54. The van der Waals surface area contributed by atoms with Crippen molar-refractivity contribution in [1.82, 2.24) is 19.5 Å². The highest BCUT2D eigenvalue weighted by Gasteiger charge is 2.45. The van der Waals surface area contributed by atoms with E-state index in [-0.39, 0.29) is 18.1 Å². The predicted molar refractivity (Wildman–Crippen MR) is 94.4 cm³/mol. The van der Waals surface area contributed by atoms with Gasteiger partial charge in [-0.15, -0.1) is 0 Å². The number of anilines is 1. The Balaban J connectivity index is 0.000000500. The van der Waals surface area contributed by atoms with E-state index >= 15 is 0 Å². The maximum Gasteiger partial charge on any atom is 0.469 e. The van der Waals surface area contributed by atoms with Crippen molar-refractivity contribution < 1.29 is 38.9 Å². The van der Waals surface area contributed by atoms with Gasteiger partial charge < -0.3 is 41.3 Å². The fraction of sp³-hybridized carbons (Fsp3) is 0.615. The van der Waals surface area contributed by atoms with Crippen LogP contribution in [0.4, 0.5) is 5.82 Å². The number of rotatable bonds is 6. The molecule has 1 aliphatic rings. The number of fused-ring (bicyclic) bond motifs is 1. The Morgan fingerprint density at radius 1 is 1.25 bits per heavy atom. The van der Waals surface area contributed by atoms with Crippen molar-refractivity contribution in [3.63, 3.8) is 0 Å². The molecule has 4 atom stereocenters. The molecule has 2 aromatic heterocycles. The van der Waals surface area contributed by atoms with Gasteiger partial charge in [-0.1, -0.05) is 0 Å². The molecule has 9 N–H and O–H groups in total. The maximum absolute atomic E-state index is 10.7. The molecule has 14 nitrogen and oxygen atoms in total. The molecule has 1 aliphatic heterocycles. The molecule has 0 amide bonds. The number of aromatic nitrogens is 4. The monoisotopic (exact) mass is 422 g/mol. The molecule has 0 spiro atoms. The number of nitrogens with two attached hydrogens (primary N) is 2. The zero-order valence-electron chi connectivity index (χ0n) is 14.6. The van der Waals surface area contributed by atoms with E-state index < -0.39 is 39.0 Å². The van der Waals surface area contributed by atoms with Crippen LogP contribution in [0.1, 0.15) is 12.6 Å². The molecule has 1 saturated heterocycles. The summed E-state index contributed by atoms with van der Waals surface area (Å²) in [6.45, 7) is 0.218. The molecule has 0 saturated carbocycles. The van der Waals surface area contributed by atoms with Gasteiger partial charge in [0.1, 0.15) is 30.2 Å². The van der Waals surface area contributed by atoms with Gasteiger partial charge in [0.05, 0.1) is 12.9 Å². The second-order valence-corrected chi connectivity index (χ2v) is 7.02. The van der Waals surface area contributed by atoms with Gasteiger partial charge in [0.25, 0.3) is 0 Å². The Bertz CT molecular complexity index is 813. The van der Waals surface area contributed by atoms with Crippen molar-refractivity contribution >= 4 is 24.8 Å². The second kappa shape index (κ2) is 9.65. The van der Waals surface area contributed by atoms with Crippen LogP contribution < -0.4 is 11.5 Å². The quantitative estimate of drug-likeness (QED) is 0.238. The van der Waals surface area contributed by atoms with Crippen molar-refractivity contribution in [3.05, 3.63) is 12.7 Å². The van der Waals surface area contributed by atoms with Crippen molar-refractivity contribution in [2.45, 2.75) is 31.0 Å². The fourth-order valence-corrected chi connectivity index (χ4v) is 2.76. The Labute approximate surface area is 159 Å². The zero-order chi connectivity index (χ0) is 20.9. The van der Waals surface area contributed by atoms with E-state index in [1.54, 1.807) is 0 Å². The lowest BCUT2D eigenvalue weighted by Crippen LogP contribution is -2.33. The number of aliphatic hydroxyl groups excluding tert-OH is 3. The van der Waals surface area contributed by atoms with E-state index in [4.69, 9.17) is 31.1 Å². The first kappa shape index (κ1) is 22.5. The average molecular weight is 422 g/mol. The lowest BCUT2D eigenvalue weighted by atomic mass is 10.1. The van der Waals surface area contributed by atoms with Gasteiger partial charge in [-0.3, -0.25) is 9.09 Å². The van der Waals surface area contributed by atoms with Crippen LogP contribution >= 0.6 is 7.82 Å². The molecular weight excluding hydrogens is 399 g/mol. The molecule has 3 heterocycles. The number of hydrogen-bond donors (Lipinski definition) is 7. The molecule has 0 unspecified atom stereocenters. The van der Waals surface area contributed by atoms with E-state index in [1.807, 2.05) is 0 Å². The lowest BCUT2D eigenvalue weighted by molar-refractivity contribution is -0.0504. The smallest absolute Gasteiger partial charge is 0.396 e. The van der Waals surface area contributed by atoms with E-state index in [2.05, 4.69) is 19.5 Å². The number of nitrogen functional groups attached to an aromatic ring is 1. The molecule has 28 heavy (non-hydrogen) atoms. The third kappa shape index (κ3) is 5.41. The van der Waals surface area contributed by atoms with E-state index in [1.165, 1.54) is 17.2 Å². The number of hydrogen-bond acceptors (Lipinski definition) is 11. The van der Waals surface area contributed by atoms with E-state index in [9.17, 15) is 14.8 Å². The first-order valence-electron chi connectivity index (χ1n) is 8.15. The summed E-state index contributed by atoms with van der Waals surface area (Å²) in [7, 11) is -4.72. The number of phosphoric acid groups is 1. The third-order valence-corrected chi connectivity index (χ3v) is 4.25. The summed E-state index contributed by atoms with van der Waals surface area (Å²) >= 11 is 0. The Morgan fingerprint density at radius 2 is 1.96 bits per heavy atom. The van der Waals surface area contributed by atoms with Gasteiger partial charge in [-0.25, -0.2) is 19.5 Å². The summed E-state index contributed by atoms with van der Waals surface area (Å²) in [4.78, 5) is 29.2. The highest BCUT2D eigenvalue weighted by atomic mass is 31.2. The van der Waals surface area contributed by atoms with Crippen molar-refractivity contribution in [2.24, 2.45) is 5.73 Å². The third-order valence-electron chi connectivity index (χ3n) is 3.77. The largest absolute Gasteiger partial charge is 0.469 e. The van der Waals surface area contributed by atoms with Gasteiger partial charge >= 0.3 is 7.82 Å². The van der Waals surface area contributed by atoms with Gasteiger partial charge in [0.2, 0.25) is 0 Å². The summed E-state index contributed by atoms with van der Waals surface area (Å²) in [5.41, 5.74) is 11.2. The minimum absolute atomic E-state index is 0.142. The molecule has 0 aromatic carbocycles. The number of phosphoric ester groups is 1.